The van der Waals surface area contributed by atoms with Gasteiger partial charge in [-0.3, -0.25) is 9.59 Å². The molecule has 0 radical (unpaired) electrons. The topological polar surface area (TPSA) is 160 Å². The predicted molar refractivity (Wildman–Crippen MR) is 174 cm³/mol. The molecule has 1 aromatic carbocycles. The third kappa shape index (κ3) is 7.12. The minimum Gasteiger partial charge on any atom is -0.506 e. The molecule has 2 aliphatic rings. The Kier molecular flexibility index (Phi) is 9.76. The van der Waals surface area contributed by atoms with Crippen LogP contribution in [0.25, 0.3) is 5.69 Å². The van der Waals surface area contributed by atoms with Gasteiger partial charge in [-0.1, -0.05) is 26.5 Å². The van der Waals surface area contributed by atoms with Crippen molar-refractivity contribution in [3.8, 4) is 28.8 Å². The Balaban J connectivity index is 1.44. The van der Waals surface area contributed by atoms with Gasteiger partial charge in [-0.05, 0) is 41.8 Å². The normalized spacial score (nSPS) is 15.9. The number of carbonyl (C=O) groups is 3. The lowest BCUT2D eigenvalue weighted by molar-refractivity contribution is -0.143. The quantitative estimate of drug-likeness (QED) is 0.110. The van der Waals surface area contributed by atoms with Crippen LogP contribution >= 0.6 is 0 Å². The Hall–Kier alpha value is -6.14. The third-order valence-electron chi connectivity index (χ3n) is 8.86. The monoisotopic (exact) mass is 760 g/mol. The molecule has 4 aromatic rings. The Morgan fingerprint density at radius 2 is 1.59 bits per heavy atom. The molecule has 0 aliphatic carbocycles. The van der Waals surface area contributed by atoms with E-state index in [1.54, 1.807) is 12.1 Å². The molecule has 0 saturated heterocycles. The van der Waals surface area contributed by atoms with Gasteiger partial charge in [0.2, 0.25) is 11.8 Å². The molecule has 2 amide bonds. The van der Waals surface area contributed by atoms with E-state index in [4.69, 9.17) is 9.47 Å². The van der Waals surface area contributed by atoms with Crippen LogP contribution in [0.4, 0.5) is 26.3 Å². The number of aromatic hydroxyl groups is 2. The Labute approximate surface area is 302 Å². The summed E-state index contributed by atoms with van der Waals surface area (Å²) in [5.41, 5.74) is -2.34. The lowest BCUT2D eigenvalue weighted by atomic mass is 9.95. The van der Waals surface area contributed by atoms with Crippen molar-refractivity contribution in [2.24, 2.45) is 0 Å². The summed E-state index contributed by atoms with van der Waals surface area (Å²) in [6.07, 6.45) is -7.52. The maximum absolute atomic E-state index is 13.9. The molecule has 0 bridgehead atoms. The molecule has 2 aliphatic heterocycles. The minimum absolute atomic E-state index is 0.0353. The molecule has 1 atom stereocenters. The van der Waals surface area contributed by atoms with Crippen molar-refractivity contribution in [1.82, 2.24) is 29.5 Å². The fourth-order valence-corrected chi connectivity index (χ4v) is 6.22. The zero-order chi connectivity index (χ0) is 39.3. The Morgan fingerprint density at radius 3 is 2.19 bits per heavy atom. The van der Waals surface area contributed by atoms with Crippen LogP contribution in [-0.4, -0.2) is 83.8 Å². The van der Waals surface area contributed by atoms with Gasteiger partial charge in [0.15, 0.2) is 17.1 Å². The molecular formula is C35H30F6N6O7. The van der Waals surface area contributed by atoms with Gasteiger partial charge in [0.05, 0.1) is 35.0 Å². The summed E-state index contributed by atoms with van der Waals surface area (Å²) in [6.45, 7) is 7.06. The summed E-state index contributed by atoms with van der Waals surface area (Å²) in [7, 11) is 0. The lowest BCUT2D eigenvalue weighted by Gasteiger charge is -2.39. The van der Waals surface area contributed by atoms with Crippen LogP contribution in [0.3, 0.4) is 0 Å². The maximum Gasteiger partial charge on any atom is 0.437 e. The van der Waals surface area contributed by atoms with E-state index in [1.807, 2.05) is 13.8 Å². The lowest BCUT2D eigenvalue weighted by Crippen LogP contribution is -2.48. The number of alkyl halides is 6. The first kappa shape index (κ1) is 37.6. The Morgan fingerprint density at radius 1 is 0.963 bits per heavy atom. The largest absolute Gasteiger partial charge is 0.506 e. The van der Waals surface area contributed by atoms with E-state index in [0.29, 0.717) is 41.3 Å². The summed E-state index contributed by atoms with van der Waals surface area (Å²) in [6, 6.07) is 5.11. The van der Waals surface area contributed by atoms with Gasteiger partial charge in [0.1, 0.15) is 23.8 Å². The van der Waals surface area contributed by atoms with E-state index in [1.165, 1.54) is 20.5 Å². The number of rotatable bonds is 6. The second-order valence-corrected chi connectivity index (χ2v) is 12.6. The zero-order valence-corrected chi connectivity index (χ0v) is 28.4. The zero-order valence-electron chi connectivity index (χ0n) is 28.4. The number of nitrogens with zero attached hydrogens (tertiary/aromatic N) is 6. The van der Waals surface area contributed by atoms with E-state index in [-0.39, 0.29) is 61.5 Å². The van der Waals surface area contributed by atoms with Crippen molar-refractivity contribution in [1.29, 1.82) is 0 Å². The summed E-state index contributed by atoms with van der Waals surface area (Å²) < 4.78 is 92.6. The molecule has 0 spiro atoms. The molecule has 54 heavy (non-hydrogen) atoms. The summed E-state index contributed by atoms with van der Waals surface area (Å²) in [4.78, 5) is 49.2. The number of ether oxygens (including phenoxy) is 2. The number of pyridine rings is 2. The van der Waals surface area contributed by atoms with Crippen LogP contribution in [0.2, 0.25) is 0 Å². The number of halogens is 6. The maximum atomic E-state index is 13.9. The van der Waals surface area contributed by atoms with E-state index >= 15 is 0 Å². The predicted octanol–water partition coefficient (Wildman–Crippen LogP) is 5.60. The van der Waals surface area contributed by atoms with Gasteiger partial charge in [0, 0.05) is 31.9 Å². The van der Waals surface area contributed by atoms with Crippen molar-refractivity contribution >= 4 is 17.8 Å². The summed E-state index contributed by atoms with van der Waals surface area (Å²) in [5, 5.41) is 24.7. The number of hydrogen-bond acceptors (Lipinski definition) is 10. The van der Waals surface area contributed by atoms with Crippen LogP contribution in [0.1, 0.15) is 74.7 Å². The highest BCUT2D eigenvalue weighted by molar-refractivity contribution is 5.95. The van der Waals surface area contributed by atoms with Crippen molar-refractivity contribution in [3.63, 3.8) is 0 Å². The highest BCUT2D eigenvalue weighted by Crippen LogP contribution is 2.42. The van der Waals surface area contributed by atoms with Gasteiger partial charge in [-0.25, -0.2) is 19.4 Å². The second kappa shape index (κ2) is 14.0. The molecule has 0 unspecified atom stereocenters. The van der Waals surface area contributed by atoms with Crippen LogP contribution in [0, 0.1) is 0 Å². The van der Waals surface area contributed by atoms with Crippen molar-refractivity contribution in [2.45, 2.75) is 44.6 Å². The third-order valence-corrected chi connectivity index (χ3v) is 8.86. The average molecular weight is 761 g/mol. The van der Waals surface area contributed by atoms with E-state index in [2.05, 4.69) is 21.6 Å². The summed E-state index contributed by atoms with van der Waals surface area (Å²) >= 11 is 0. The first-order valence-corrected chi connectivity index (χ1v) is 16.2. The van der Waals surface area contributed by atoms with Crippen molar-refractivity contribution < 1.29 is 60.4 Å². The molecule has 3 aromatic heterocycles. The second-order valence-electron chi connectivity index (χ2n) is 12.6. The fraction of sp³-hybridized carbons (Fsp3) is 0.314. The van der Waals surface area contributed by atoms with Gasteiger partial charge >= 0.3 is 18.3 Å². The van der Waals surface area contributed by atoms with E-state index in [9.17, 15) is 50.9 Å². The fourth-order valence-electron chi connectivity index (χ4n) is 6.22. The van der Waals surface area contributed by atoms with Gasteiger partial charge in [-0.2, -0.15) is 26.3 Å². The molecule has 284 valence electrons. The molecule has 13 nitrogen and oxygen atoms in total. The Bertz CT molecular complexity index is 2170. The highest BCUT2D eigenvalue weighted by Gasteiger charge is 2.42. The molecule has 0 saturated carbocycles. The summed E-state index contributed by atoms with van der Waals surface area (Å²) in [5.74, 6) is -5.11. The SMILES string of the molecule is C=CC(=O)N1CCOc2nn(-c3ccc(C(C)C)cc3OC(=O)c3cnc(C(F)(F)F)c(O)c3)c3c2[C@H](C1)N(C(=O)c1cnc(C(F)(F)F)c(O)c1)CC3. The molecule has 5 heterocycles. The highest BCUT2D eigenvalue weighted by atomic mass is 19.4. The van der Waals surface area contributed by atoms with Crippen LogP contribution in [0.15, 0.2) is 55.4 Å². The van der Waals surface area contributed by atoms with Gasteiger partial charge in [-0.15, -0.1) is 5.10 Å². The van der Waals surface area contributed by atoms with Gasteiger partial charge < -0.3 is 29.5 Å². The van der Waals surface area contributed by atoms with E-state index in [0.717, 1.165) is 6.08 Å². The van der Waals surface area contributed by atoms with E-state index < -0.39 is 64.6 Å². The number of carbonyl (C=O) groups excluding carboxylic acids is 3. The number of amides is 2. The first-order chi connectivity index (χ1) is 25.4. The average Bonchev–Trinajstić information content (AvgIpc) is 3.46. The first-order valence-electron chi connectivity index (χ1n) is 16.2. The molecule has 0 fully saturated rings. The molecule has 6 rings (SSSR count). The van der Waals surface area contributed by atoms with Crippen LogP contribution in [0.5, 0.6) is 23.1 Å². The number of aromatic nitrogens is 4. The molecule has 2 N–H and O–H groups in total. The van der Waals surface area contributed by atoms with Gasteiger partial charge in [0.25, 0.3) is 5.91 Å². The smallest absolute Gasteiger partial charge is 0.437 e. The van der Waals surface area contributed by atoms with Crippen LogP contribution < -0.4 is 9.47 Å². The van der Waals surface area contributed by atoms with Crippen molar-refractivity contribution in [2.75, 3.05) is 26.2 Å². The minimum atomic E-state index is -4.98. The standard InChI is InChI=1S/C35H30F6N6O7/c1-4-27(50)45-9-10-53-31-28-22(7-8-46(23(28)16-45)32(51)19-11-24(48)29(42-14-19)34(36,37)38)47(44-31)21-6-5-18(17(2)3)13-26(21)54-33(52)20-12-25(49)30(43-15-20)35(39,40)41/h4-6,11-15,17,23,48-49H,1,7-10,16H2,2-3H3/t23-/m0/s1. The molecular weight excluding hydrogens is 730 g/mol. The number of hydrogen-bond donors (Lipinski definition) is 2. The number of esters is 1. The van der Waals surface area contributed by atoms with Crippen LogP contribution in [-0.2, 0) is 23.6 Å². The van der Waals surface area contributed by atoms with Crippen molar-refractivity contribution in [3.05, 3.63) is 94.7 Å². The number of benzene rings is 1. The molecule has 19 heteroatoms.